The van der Waals surface area contributed by atoms with E-state index in [1.807, 2.05) is 0 Å². The highest BCUT2D eigenvalue weighted by molar-refractivity contribution is 7.89. The molecule has 5 nitrogen and oxygen atoms in total. The maximum atomic E-state index is 12.2. The van der Waals surface area contributed by atoms with E-state index >= 15 is 0 Å². The quantitative estimate of drug-likeness (QED) is 0.802. The van der Waals surface area contributed by atoms with Crippen molar-refractivity contribution < 1.29 is 8.42 Å². The smallest absolute Gasteiger partial charge is 0.207 e. The van der Waals surface area contributed by atoms with Crippen LogP contribution in [0, 0.1) is 0 Å². The van der Waals surface area contributed by atoms with Crippen molar-refractivity contribution in [2.45, 2.75) is 4.90 Å². The van der Waals surface area contributed by atoms with Crippen molar-refractivity contribution in [3.63, 3.8) is 0 Å². The second-order valence-corrected chi connectivity index (χ2v) is 6.32. The molecule has 0 amide bonds. The number of nitrogens with zero attached hydrogens (tertiary/aromatic N) is 3. The first kappa shape index (κ1) is 12.7. The van der Waals surface area contributed by atoms with Gasteiger partial charge in [-0.15, -0.1) is 11.6 Å². The average molecular weight is 292 g/mol. The second kappa shape index (κ2) is 4.85. The summed E-state index contributed by atoms with van der Waals surface area (Å²) in [5, 5.41) is 0. The lowest BCUT2D eigenvalue weighted by Crippen LogP contribution is -2.28. The summed E-state index contributed by atoms with van der Waals surface area (Å²) in [4.78, 5) is 0.177. The van der Waals surface area contributed by atoms with Crippen LogP contribution in [0.25, 0.3) is 11.0 Å². The number of hydrogen-bond acceptors (Lipinski definition) is 5. The third-order valence-corrected chi connectivity index (χ3v) is 4.94. The maximum Gasteiger partial charge on any atom is 0.245 e. The molecular weight excluding hydrogens is 282 g/mol. The maximum absolute atomic E-state index is 12.2. The highest BCUT2D eigenvalue weighted by Crippen LogP contribution is 2.23. The van der Waals surface area contributed by atoms with Gasteiger partial charge in [-0.3, -0.25) is 0 Å². The first-order valence-electron chi connectivity index (χ1n) is 4.81. The van der Waals surface area contributed by atoms with Crippen LogP contribution < -0.4 is 0 Å². The molecule has 1 aromatic heterocycles. The van der Waals surface area contributed by atoms with Gasteiger partial charge in [0.2, 0.25) is 10.0 Å². The van der Waals surface area contributed by atoms with Gasteiger partial charge < -0.3 is 0 Å². The van der Waals surface area contributed by atoms with Crippen molar-refractivity contribution in [2.24, 2.45) is 0 Å². The summed E-state index contributed by atoms with van der Waals surface area (Å²) in [7, 11) is -2.05. The molecule has 0 radical (unpaired) electrons. The van der Waals surface area contributed by atoms with Gasteiger partial charge in [-0.25, -0.2) is 8.42 Å². The third kappa shape index (κ3) is 2.28. The Labute approximate surface area is 108 Å². The SMILES string of the molecule is CN(CCCl)S(=O)(=O)c1cccc2nsnc12. The number of sulfonamides is 1. The first-order valence-corrected chi connectivity index (χ1v) is 7.51. The minimum atomic E-state index is -3.54. The number of alkyl halides is 1. The Morgan fingerprint density at radius 2 is 2.18 bits per heavy atom. The van der Waals surface area contributed by atoms with Crippen LogP contribution in [0.3, 0.4) is 0 Å². The van der Waals surface area contributed by atoms with Crippen molar-refractivity contribution in [1.82, 2.24) is 13.1 Å². The summed E-state index contributed by atoms with van der Waals surface area (Å²) in [6.07, 6.45) is 0. The molecule has 0 fully saturated rings. The zero-order chi connectivity index (χ0) is 12.5. The van der Waals surface area contributed by atoms with Gasteiger partial charge in [-0.1, -0.05) is 6.07 Å². The number of halogens is 1. The van der Waals surface area contributed by atoms with Gasteiger partial charge in [-0.05, 0) is 12.1 Å². The lowest BCUT2D eigenvalue weighted by Gasteiger charge is -2.15. The highest BCUT2D eigenvalue weighted by atomic mass is 35.5. The lowest BCUT2D eigenvalue weighted by molar-refractivity contribution is 0.488. The van der Waals surface area contributed by atoms with Gasteiger partial charge in [0, 0.05) is 19.5 Å². The fourth-order valence-corrected chi connectivity index (χ4v) is 3.67. The molecule has 17 heavy (non-hydrogen) atoms. The van der Waals surface area contributed by atoms with Crippen molar-refractivity contribution in [1.29, 1.82) is 0 Å². The largest absolute Gasteiger partial charge is 0.245 e. The van der Waals surface area contributed by atoms with E-state index in [2.05, 4.69) is 8.75 Å². The Morgan fingerprint density at radius 3 is 2.88 bits per heavy atom. The first-order chi connectivity index (χ1) is 8.07. The van der Waals surface area contributed by atoms with E-state index in [1.54, 1.807) is 12.1 Å². The van der Waals surface area contributed by atoms with Gasteiger partial charge >= 0.3 is 0 Å². The second-order valence-electron chi connectivity index (χ2n) is 3.40. The van der Waals surface area contributed by atoms with Crippen LogP contribution in [0.4, 0.5) is 0 Å². The molecule has 2 aromatic rings. The molecule has 0 unspecified atom stereocenters. The van der Waals surface area contributed by atoms with Crippen molar-refractivity contribution in [2.75, 3.05) is 19.5 Å². The number of benzene rings is 1. The molecule has 0 N–H and O–H groups in total. The fourth-order valence-electron chi connectivity index (χ4n) is 1.40. The molecule has 0 spiro atoms. The number of fused-ring (bicyclic) bond motifs is 1. The standard InChI is InChI=1S/C9H10ClN3O2S2/c1-13(6-5-10)17(14,15)8-4-2-3-7-9(8)12-16-11-7/h2-4H,5-6H2,1H3. The van der Waals surface area contributed by atoms with Crippen molar-refractivity contribution >= 4 is 44.4 Å². The van der Waals surface area contributed by atoms with Crippen LogP contribution in [-0.2, 0) is 10.0 Å². The van der Waals surface area contributed by atoms with E-state index < -0.39 is 10.0 Å². The molecule has 0 saturated heterocycles. The van der Waals surface area contributed by atoms with E-state index in [-0.39, 0.29) is 17.3 Å². The van der Waals surface area contributed by atoms with Gasteiger partial charge in [0.05, 0.1) is 11.7 Å². The summed E-state index contributed by atoms with van der Waals surface area (Å²) in [6, 6.07) is 4.92. The van der Waals surface area contributed by atoms with Crippen LogP contribution in [-0.4, -0.2) is 40.9 Å². The van der Waals surface area contributed by atoms with Crippen LogP contribution in [0.15, 0.2) is 23.1 Å². The topological polar surface area (TPSA) is 63.2 Å². The molecule has 0 bridgehead atoms. The molecule has 1 aromatic carbocycles. The van der Waals surface area contributed by atoms with E-state index in [0.29, 0.717) is 11.0 Å². The number of rotatable bonds is 4. The molecule has 8 heteroatoms. The van der Waals surface area contributed by atoms with Gasteiger partial charge in [-0.2, -0.15) is 13.1 Å². The highest BCUT2D eigenvalue weighted by Gasteiger charge is 2.23. The van der Waals surface area contributed by atoms with Crippen LogP contribution in [0.1, 0.15) is 0 Å². The summed E-state index contributed by atoms with van der Waals surface area (Å²) in [6.45, 7) is 0.262. The van der Waals surface area contributed by atoms with Crippen LogP contribution >= 0.6 is 23.3 Å². The molecular formula is C9H10ClN3O2S2. The van der Waals surface area contributed by atoms with E-state index in [4.69, 9.17) is 11.6 Å². The van der Waals surface area contributed by atoms with Crippen molar-refractivity contribution in [3.05, 3.63) is 18.2 Å². The summed E-state index contributed by atoms with van der Waals surface area (Å²) >= 11 is 6.55. The van der Waals surface area contributed by atoms with Gasteiger partial charge in [0.1, 0.15) is 15.9 Å². The van der Waals surface area contributed by atoms with E-state index in [9.17, 15) is 8.42 Å². The summed E-state index contributed by atoms with van der Waals surface area (Å²) in [5.41, 5.74) is 1.01. The Kier molecular flexibility index (Phi) is 3.62. The van der Waals surface area contributed by atoms with E-state index in [0.717, 1.165) is 11.7 Å². The Morgan fingerprint density at radius 1 is 1.41 bits per heavy atom. The monoisotopic (exact) mass is 291 g/mol. The molecule has 0 saturated carbocycles. The Balaban J connectivity index is 2.56. The van der Waals surface area contributed by atoms with Gasteiger partial charge in [0.25, 0.3) is 0 Å². The fraction of sp³-hybridized carbons (Fsp3) is 0.333. The molecule has 1 heterocycles. The molecule has 0 aliphatic rings. The van der Waals surface area contributed by atoms with Crippen LogP contribution in [0.5, 0.6) is 0 Å². The van der Waals surface area contributed by atoms with E-state index in [1.165, 1.54) is 17.4 Å². The normalized spacial score (nSPS) is 12.4. The molecule has 0 atom stereocenters. The van der Waals surface area contributed by atoms with Crippen LogP contribution in [0.2, 0.25) is 0 Å². The molecule has 0 aliphatic heterocycles. The predicted octanol–water partition coefficient (Wildman–Crippen LogP) is 1.55. The average Bonchev–Trinajstić information content (AvgIpc) is 2.76. The Hall–Kier alpha value is -0.760. The molecule has 0 aliphatic carbocycles. The minimum absolute atomic E-state index is 0.177. The van der Waals surface area contributed by atoms with Gasteiger partial charge in [0.15, 0.2) is 0 Å². The zero-order valence-corrected chi connectivity index (χ0v) is 11.4. The minimum Gasteiger partial charge on any atom is -0.207 e. The lowest BCUT2D eigenvalue weighted by atomic mass is 10.3. The number of aromatic nitrogens is 2. The van der Waals surface area contributed by atoms with Crippen molar-refractivity contribution in [3.8, 4) is 0 Å². The Bertz CT molecular complexity index is 626. The number of hydrogen-bond donors (Lipinski definition) is 0. The summed E-state index contributed by atoms with van der Waals surface area (Å²) < 4.78 is 33.7. The zero-order valence-electron chi connectivity index (χ0n) is 9.00. The molecule has 2 rings (SSSR count). The third-order valence-electron chi connectivity index (χ3n) is 2.34. The molecule has 92 valence electrons. The predicted molar refractivity (Wildman–Crippen MR) is 68.0 cm³/mol. The summed E-state index contributed by atoms with van der Waals surface area (Å²) in [5.74, 6) is 0.251.